The lowest BCUT2D eigenvalue weighted by molar-refractivity contribution is 0.578. The average Bonchev–Trinajstić information content (AvgIpc) is 2.85. The first-order valence-corrected chi connectivity index (χ1v) is 9.13. The maximum absolute atomic E-state index is 12.3. The molecule has 114 valence electrons. The molecule has 0 aliphatic carbocycles. The maximum atomic E-state index is 12.3. The summed E-state index contributed by atoms with van der Waals surface area (Å²) in [6.07, 6.45) is 2.06. The SMILES string of the molecule is CCNc1cccnc1S(=O)(=O)NCCc1ccc(Cl)s1. The van der Waals surface area contributed by atoms with E-state index in [2.05, 4.69) is 15.0 Å². The van der Waals surface area contributed by atoms with Crippen LogP contribution in [0.25, 0.3) is 0 Å². The van der Waals surface area contributed by atoms with Crippen molar-refractivity contribution in [2.45, 2.75) is 18.4 Å². The lowest BCUT2D eigenvalue weighted by Crippen LogP contribution is -2.27. The van der Waals surface area contributed by atoms with E-state index < -0.39 is 10.0 Å². The summed E-state index contributed by atoms with van der Waals surface area (Å²) in [5, 5.41) is 3.02. The largest absolute Gasteiger partial charge is 0.383 e. The van der Waals surface area contributed by atoms with Gasteiger partial charge in [0.2, 0.25) is 0 Å². The Kier molecular flexibility index (Phi) is 5.58. The summed E-state index contributed by atoms with van der Waals surface area (Å²) in [6.45, 7) is 2.83. The number of hydrogen-bond acceptors (Lipinski definition) is 5. The highest BCUT2D eigenvalue weighted by molar-refractivity contribution is 7.89. The van der Waals surface area contributed by atoms with Crippen LogP contribution in [0.3, 0.4) is 0 Å². The van der Waals surface area contributed by atoms with Crippen molar-refractivity contribution in [1.29, 1.82) is 0 Å². The van der Waals surface area contributed by atoms with E-state index >= 15 is 0 Å². The lowest BCUT2D eigenvalue weighted by atomic mass is 10.3. The van der Waals surface area contributed by atoms with Crippen molar-refractivity contribution in [3.63, 3.8) is 0 Å². The molecule has 0 amide bonds. The topological polar surface area (TPSA) is 71.1 Å². The van der Waals surface area contributed by atoms with Gasteiger partial charge in [-0.3, -0.25) is 0 Å². The Morgan fingerprint density at radius 3 is 2.81 bits per heavy atom. The van der Waals surface area contributed by atoms with Crippen molar-refractivity contribution in [3.05, 3.63) is 39.7 Å². The van der Waals surface area contributed by atoms with Crippen LogP contribution in [0.15, 0.2) is 35.5 Å². The molecule has 0 aliphatic heterocycles. The number of thiophene rings is 1. The molecule has 0 fully saturated rings. The van der Waals surface area contributed by atoms with Gasteiger partial charge in [0.25, 0.3) is 10.0 Å². The molecule has 0 atom stereocenters. The van der Waals surface area contributed by atoms with Crippen LogP contribution >= 0.6 is 22.9 Å². The minimum absolute atomic E-state index is 0.0241. The zero-order valence-electron chi connectivity index (χ0n) is 11.5. The third-order valence-corrected chi connectivity index (χ3v) is 5.39. The van der Waals surface area contributed by atoms with E-state index in [1.165, 1.54) is 17.5 Å². The van der Waals surface area contributed by atoms with Crippen LogP contribution in [0.1, 0.15) is 11.8 Å². The summed E-state index contributed by atoms with van der Waals surface area (Å²) in [4.78, 5) is 5.00. The molecule has 0 spiro atoms. The molecule has 2 N–H and O–H groups in total. The van der Waals surface area contributed by atoms with Gasteiger partial charge in [-0.15, -0.1) is 11.3 Å². The van der Waals surface area contributed by atoms with Crippen LogP contribution in [-0.4, -0.2) is 26.5 Å². The van der Waals surface area contributed by atoms with Crippen LogP contribution in [-0.2, 0) is 16.4 Å². The number of nitrogens with zero attached hydrogens (tertiary/aromatic N) is 1. The average molecular weight is 346 g/mol. The Labute approximate surface area is 133 Å². The second-order valence-corrected chi connectivity index (χ2v) is 7.72. The van der Waals surface area contributed by atoms with E-state index in [1.54, 1.807) is 18.2 Å². The van der Waals surface area contributed by atoms with Gasteiger partial charge in [0.15, 0.2) is 5.03 Å². The first kappa shape index (κ1) is 16.2. The number of nitrogens with one attached hydrogen (secondary N) is 2. The van der Waals surface area contributed by atoms with Gasteiger partial charge in [-0.05, 0) is 37.6 Å². The Morgan fingerprint density at radius 1 is 1.33 bits per heavy atom. The van der Waals surface area contributed by atoms with Crippen molar-refractivity contribution in [3.8, 4) is 0 Å². The normalized spacial score (nSPS) is 11.5. The molecule has 0 unspecified atom stereocenters. The first-order valence-electron chi connectivity index (χ1n) is 6.45. The third kappa shape index (κ3) is 4.41. The van der Waals surface area contributed by atoms with Crippen molar-refractivity contribution < 1.29 is 8.42 Å². The standard InChI is InChI=1S/C13H16ClN3O2S2/c1-2-15-11-4-3-8-16-13(11)21(18,19)17-9-7-10-5-6-12(14)20-10/h3-6,8,15,17H,2,7,9H2,1H3. The number of rotatable bonds is 7. The minimum Gasteiger partial charge on any atom is -0.383 e. The molecule has 0 bridgehead atoms. The van der Waals surface area contributed by atoms with Crippen molar-refractivity contribution >= 4 is 38.6 Å². The molecule has 0 saturated heterocycles. The second kappa shape index (κ2) is 7.22. The van der Waals surface area contributed by atoms with E-state index in [0.29, 0.717) is 29.5 Å². The van der Waals surface area contributed by atoms with Gasteiger partial charge in [-0.25, -0.2) is 18.1 Å². The minimum atomic E-state index is -3.63. The Balaban J connectivity index is 2.04. The molecule has 0 aromatic carbocycles. The molecule has 8 heteroatoms. The fraction of sp³-hybridized carbons (Fsp3) is 0.308. The molecular formula is C13H16ClN3O2S2. The number of pyridine rings is 1. The predicted octanol–water partition coefficient (Wildman–Crippen LogP) is 2.75. The lowest BCUT2D eigenvalue weighted by Gasteiger charge is -2.10. The second-order valence-electron chi connectivity index (χ2n) is 4.24. The van der Waals surface area contributed by atoms with E-state index in [0.717, 1.165) is 4.88 Å². The summed E-state index contributed by atoms with van der Waals surface area (Å²) in [5.74, 6) is 0. The first-order chi connectivity index (χ1) is 10.0. The number of hydrogen-bond donors (Lipinski definition) is 2. The van der Waals surface area contributed by atoms with Gasteiger partial charge in [0.1, 0.15) is 0 Å². The van der Waals surface area contributed by atoms with Gasteiger partial charge in [-0.1, -0.05) is 11.6 Å². The fourth-order valence-corrected chi connectivity index (χ4v) is 4.02. The number of sulfonamides is 1. The molecule has 2 aromatic rings. The Hall–Kier alpha value is -1.15. The van der Waals surface area contributed by atoms with Gasteiger partial charge in [0, 0.05) is 24.2 Å². The fourth-order valence-electron chi connectivity index (χ4n) is 1.79. The summed E-state index contributed by atoms with van der Waals surface area (Å²) < 4.78 is 27.8. The molecule has 5 nitrogen and oxygen atoms in total. The van der Waals surface area contributed by atoms with Gasteiger partial charge < -0.3 is 5.32 Å². The molecule has 0 aliphatic rings. The predicted molar refractivity (Wildman–Crippen MR) is 86.6 cm³/mol. The number of halogens is 1. The summed E-state index contributed by atoms with van der Waals surface area (Å²) in [5.41, 5.74) is 0.506. The molecular weight excluding hydrogens is 330 g/mol. The number of aromatic nitrogens is 1. The van der Waals surface area contributed by atoms with E-state index in [1.807, 2.05) is 13.0 Å². The van der Waals surface area contributed by atoms with Crippen LogP contribution in [0.4, 0.5) is 5.69 Å². The highest BCUT2D eigenvalue weighted by Crippen LogP contribution is 2.22. The highest BCUT2D eigenvalue weighted by atomic mass is 35.5. The maximum Gasteiger partial charge on any atom is 0.260 e. The number of anilines is 1. The quantitative estimate of drug-likeness (QED) is 0.809. The van der Waals surface area contributed by atoms with Gasteiger partial charge in [0.05, 0.1) is 10.0 Å². The highest BCUT2D eigenvalue weighted by Gasteiger charge is 2.19. The van der Waals surface area contributed by atoms with Crippen LogP contribution in [0.5, 0.6) is 0 Å². The molecule has 2 aromatic heterocycles. The molecule has 0 saturated carbocycles. The Morgan fingerprint density at radius 2 is 2.14 bits per heavy atom. The van der Waals surface area contributed by atoms with E-state index in [-0.39, 0.29) is 5.03 Å². The van der Waals surface area contributed by atoms with Crippen LogP contribution in [0.2, 0.25) is 4.34 Å². The molecule has 0 radical (unpaired) electrons. The summed E-state index contributed by atoms with van der Waals surface area (Å²) >= 11 is 7.29. The monoisotopic (exact) mass is 345 g/mol. The zero-order chi connectivity index (χ0) is 15.3. The van der Waals surface area contributed by atoms with Crippen molar-refractivity contribution in [2.75, 3.05) is 18.4 Å². The molecule has 2 heterocycles. The summed E-state index contributed by atoms with van der Waals surface area (Å²) in [7, 11) is -3.63. The van der Waals surface area contributed by atoms with Crippen molar-refractivity contribution in [1.82, 2.24) is 9.71 Å². The van der Waals surface area contributed by atoms with Crippen LogP contribution in [0, 0.1) is 0 Å². The van der Waals surface area contributed by atoms with Gasteiger partial charge >= 0.3 is 0 Å². The van der Waals surface area contributed by atoms with E-state index in [9.17, 15) is 8.42 Å². The third-order valence-electron chi connectivity index (χ3n) is 2.69. The van der Waals surface area contributed by atoms with Gasteiger partial charge in [-0.2, -0.15) is 0 Å². The molecule has 21 heavy (non-hydrogen) atoms. The smallest absolute Gasteiger partial charge is 0.260 e. The van der Waals surface area contributed by atoms with E-state index in [4.69, 9.17) is 11.6 Å². The zero-order valence-corrected chi connectivity index (χ0v) is 13.9. The summed E-state index contributed by atoms with van der Waals surface area (Å²) in [6, 6.07) is 7.10. The van der Waals surface area contributed by atoms with Crippen LogP contribution < -0.4 is 10.0 Å². The van der Waals surface area contributed by atoms with Crippen molar-refractivity contribution in [2.24, 2.45) is 0 Å². The molecule has 2 rings (SSSR count). The Bertz CT molecular complexity index is 701.